The minimum atomic E-state index is -1.19. The molecular weight excluding hydrogens is 324 g/mol. The van der Waals surface area contributed by atoms with Gasteiger partial charge in [-0.05, 0) is 25.7 Å². The van der Waals surface area contributed by atoms with Crippen LogP contribution in [0.4, 0.5) is 0 Å². The molecule has 2 rings (SSSR count). The molecule has 0 aliphatic carbocycles. The van der Waals surface area contributed by atoms with Crippen LogP contribution in [-0.4, -0.2) is 56.9 Å². The van der Waals surface area contributed by atoms with E-state index in [1.807, 2.05) is 18.7 Å². The van der Waals surface area contributed by atoms with Crippen LogP contribution in [0.15, 0.2) is 12.4 Å². The number of amides is 2. The van der Waals surface area contributed by atoms with E-state index in [4.69, 9.17) is 5.11 Å². The van der Waals surface area contributed by atoms with E-state index in [-0.39, 0.29) is 35.2 Å². The lowest BCUT2D eigenvalue weighted by atomic mass is 9.98. The van der Waals surface area contributed by atoms with Gasteiger partial charge in [0.15, 0.2) is 5.69 Å². The van der Waals surface area contributed by atoms with Crippen LogP contribution in [0.1, 0.15) is 60.5 Å². The highest BCUT2D eigenvalue weighted by molar-refractivity contribution is 5.93. The normalized spacial score (nSPS) is 15.2. The number of likely N-dealkylation sites (tertiary alicyclic amines) is 1. The van der Waals surface area contributed by atoms with Crippen LogP contribution in [0.2, 0.25) is 0 Å². The molecule has 0 bridgehead atoms. The van der Waals surface area contributed by atoms with E-state index in [0.29, 0.717) is 25.9 Å². The van der Waals surface area contributed by atoms with E-state index in [2.05, 4.69) is 15.3 Å². The van der Waals surface area contributed by atoms with Gasteiger partial charge in [-0.3, -0.25) is 9.59 Å². The summed E-state index contributed by atoms with van der Waals surface area (Å²) in [7, 11) is 0. The molecule has 25 heavy (non-hydrogen) atoms. The molecule has 0 radical (unpaired) electrons. The van der Waals surface area contributed by atoms with Crippen molar-refractivity contribution in [2.24, 2.45) is 5.92 Å². The van der Waals surface area contributed by atoms with Crippen molar-refractivity contribution < 1.29 is 19.5 Å². The summed E-state index contributed by atoms with van der Waals surface area (Å²) in [6, 6.07) is -0.0285. The van der Waals surface area contributed by atoms with Crippen molar-refractivity contribution in [1.82, 2.24) is 20.2 Å². The minimum Gasteiger partial charge on any atom is -0.476 e. The van der Waals surface area contributed by atoms with Crippen LogP contribution in [0.3, 0.4) is 0 Å². The van der Waals surface area contributed by atoms with Crippen molar-refractivity contribution in [1.29, 1.82) is 0 Å². The topological polar surface area (TPSA) is 112 Å². The molecule has 1 aliphatic rings. The molecule has 0 atom stereocenters. The fraction of sp³-hybridized carbons (Fsp3) is 0.588. The second kappa shape index (κ2) is 8.55. The van der Waals surface area contributed by atoms with Crippen molar-refractivity contribution in [2.75, 3.05) is 13.1 Å². The fourth-order valence-corrected chi connectivity index (χ4v) is 2.96. The van der Waals surface area contributed by atoms with Gasteiger partial charge in [0.1, 0.15) is 5.69 Å². The predicted molar refractivity (Wildman–Crippen MR) is 90.1 cm³/mol. The van der Waals surface area contributed by atoms with Gasteiger partial charge in [-0.2, -0.15) is 0 Å². The molecule has 1 fully saturated rings. The zero-order valence-corrected chi connectivity index (χ0v) is 14.6. The SMILES string of the molecule is CCC(CC)C(=O)N1CCC(NC(=O)c2cnc(C(=O)O)cn2)CC1. The molecule has 1 aromatic heterocycles. The Bertz CT molecular complexity index is 620. The first-order valence-corrected chi connectivity index (χ1v) is 8.61. The predicted octanol–water partition coefficient (Wildman–Crippen LogP) is 1.33. The Kier molecular flexibility index (Phi) is 6.44. The fourth-order valence-electron chi connectivity index (χ4n) is 2.96. The third kappa shape index (κ3) is 4.74. The first-order valence-electron chi connectivity index (χ1n) is 8.61. The van der Waals surface area contributed by atoms with Crippen LogP contribution < -0.4 is 5.32 Å². The van der Waals surface area contributed by atoms with Crippen LogP contribution in [-0.2, 0) is 4.79 Å². The molecule has 2 amide bonds. The van der Waals surface area contributed by atoms with Crippen molar-refractivity contribution in [3.8, 4) is 0 Å². The van der Waals surface area contributed by atoms with Crippen LogP contribution in [0, 0.1) is 5.92 Å². The number of carboxylic acid groups (broad SMARTS) is 1. The Hall–Kier alpha value is -2.51. The smallest absolute Gasteiger partial charge is 0.356 e. The van der Waals surface area contributed by atoms with Crippen LogP contribution in [0.25, 0.3) is 0 Å². The number of carbonyl (C=O) groups is 3. The summed E-state index contributed by atoms with van der Waals surface area (Å²) in [6.45, 7) is 5.30. The summed E-state index contributed by atoms with van der Waals surface area (Å²) >= 11 is 0. The zero-order chi connectivity index (χ0) is 18.4. The summed E-state index contributed by atoms with van der Waals surface area (Å²) in [4.78, 5) is 44.7. The molecule has 1 saturated heterocycles. The van der Waals surface area contributed by atoms with Gasteiger partial charge in [-0.15, -0.1) is 0 Å². The largest absolute Gasteiger partial charge is 0.476 e. The van der Waals surface area contributed by atoms with E-state index in [1.165, 1.54) is 0 Å². The highest BCUT2D eigenvalue weighted by Crippen LogP contribution is 2.17. The monoisotopic (exact) mass is 348 g/mol. The number of carbonyl (C=O) groups excluding carboxylic acids is 2. The zero-order valence-electron chi connectivity index (χ0n) is 14.6. The van der Waals surface area contributed by atoms with Crippen molar-refractivity contribution in [3.63, 3.8) is 0 Å². The number of carboxylic acids is 1. The van der Waals surface area contributed by atoms with Gasteiger partial charge >= 0.3 is 5.97 Å². The van der Waals surface area contributed by atoms with Gasteiger partial charge in [-0.1, -0.05) is 13.8 Å². The Morgan fingerprint density at radius 2 is 1.72 bits per heavy atom. The maximum absolute atomic E-state index is 12.4. The molecule has 8 heteroatoms. The van der Waals surface area contributed by atoms with Crippen molar-refractivity contribution in [3.05, 3.63) is 23.8 Å². The molecule has 8 nitrogen and oxygen atoms in total. The van der Waals surface area contributed by atoms with Gasteiger partial charge in [-0.25, -0.2) is 14.8 Å². The van der Waals surface area contributed by atoms with Crippen molar-refractivity contribution in [2.45, 2.75) is 45.6 Å². The molecular formula is C17H24N4O4. The molecule has 1 aliphatic heterocycles. The first kappa shape index (κ1) is 18.8. The number of rotatable bonds is 6. The summed E-state index contributed by atoms with van der Waals surface area (Å²) in [5, 5.41) is 11.7. The molecule has 0 unspecified atom stereocenters. The van der Waals surface area contributed by atoms with Gasteiger partial charge in [0.05, 0.1) is 12.4 Å². The average Bonchev–Trinajstić information content (AvgIpc) is 2.63. The molecule has 0 saturated carbocycles. The lowest BCUT2D eigenvalue weighted by Crippen LogP contribution is -2.48. The number of nitrogens with one attached hydrogen (secondary N) is 1. The van der Waals surface area contributed by atoms with E-state index >= 15 is 0 Å². The summed E-state index contributed by atoms with van der Waals surface area (Å²) in [6.07, 6.45) is 5.29. The van der Waals surface area contributed by atoms with Gasteiger partial charge in [0.25, 0.3) is 5.91 Å². The van der Waals surface area contributed by atoms with Crippen molar-refractivity contribution >= 4 is 17.8 Å². The molecule has 2 heterocycles. The standard InChI is InChI=1S/C17H24N4O4/c1-3-11(4-2)16(23)21-7-5-12(6-8-21)20-15(22)13-9-19-14(10-18-13)17(24)25/h9-12H,3-8H2,1-2H3,(H,20,22)(H,24,25). The minimum absolute atomic E-state index is 0.0285. The number of aromatic carboxylic acids is 1. The molecule has 1 aromatic rings. The molecule has 0 spiro atoms. The molecule has 0 aromatic carbocycles. The Labute approximate surface area is 146 Å². The van der Waals surface area contributed by atoms with E-state index in [0.717, 1.165) is 25.2 Å². The Morgan fingerprint density at radius 3 is 2.20 bits per heavy atom. The number of hydrogen-bond acceptors (Lipinski definition) is 5. The lowest BCUT2D eigenvalue weighted by Gasteiger charge is -2.34. The molecule has 136 valence electrons. The molecule has 2 N–H and O–H groups in total. The Balaban J connectivity index is 1.86. The van der Waals surface area contributed by atoms with Gasteiger partial charge < -0.3 is 15.3 Å². The lowest BCUT2D eigenvalue weighted by molar-refractivity contribution is -0.136. The second-order valence-electron chi connectivity index (χ2n) is 6.18. The number of aromatic nitrogens is 2. The van der Waals surface area contributed by atoms with Gasteiger partial charge in [0.2, 0.25) is 5.91 Å². The summed E-state index contributed by atoms with van der Waals surface area (Å²) in [5.74, 6) is -1.29. The third-order valence-corrected chi connectivity index (χ3v) is 4.58. The van der Waals surface area contributed by atoms with Crippen LogP contribution >= 0.6 is 0 Å². The average molecular weight is 348 g/mol. The first-order chi connectivity index (χ1) is 12.0. The Morgan fingerprint density at radius 1 is 1.16 bits per heavy atom. The number of hydrogen-bond donors (Lipinski definition) is 2. The highest BCUT2D eigenvalue weighted by Gasteiger charge is 2.27. The van der Waals surface area contributed by atoms with Gasteiger partial charge in [0, 0.05) is 25.0 Å². The van der Waals surface area contributed by atoms with Crippen LogP contribution in [0.5, 0.6) is 0 Å². The summed E-state index contributed by atoms with van der Waals surface area (Å²) in [5.41, 5.74) is -0.120. The van der Waals surface area contributed by atoms with E-state index in [9.17, 15) is 14.4 Å². The van der Waals surface area contributed by atoms with E-state index in [1.54, 1.807) is 0 Å². The maximum atomic E-state index is 12.4. The quantitative estimate of drug-likeness (QED) is 0.802. The maximum Gasteiger partial charge on any atom is 0.356 e. The highest BCUT2D eigenvalue weighted by atomic mass is 16.4. The number of nitrogens with zero attached hydrogens (tertiary/aromatic N) is 3. The third-order valence-electron chi connectivity index (χ3n) is 4.58. The summed E-state index contributed by atoms with van der Waals surface area (Å²) < 4.78 is 0. The number of piperidine rings is 1. The second-order valence-corrected chi connectivity index (χ2v) is 6.18. The van der Waals surface area contributed by atoms with E-state index < -0.39 is 5.97 Å².